The molecule has 1 saturated heterocycles. The first-order chi connectivity index (χ1) is 18.0. The maximum absolute atomic E-state index is 6.23. The van der Waals surface area contributed by atoms with Crippen LogP contribution in [0, 0.1) is 0 Å². The van der Waals surface area contributed by atoms with Gasteiger partial charge in [-0.15, -0.1) is 0 Å². The predicted octanol–water partition coefficient (Wildman–Crippen LogP) is 5.74. The molecule has 5 rings (SSSR count). The van der Waals surface area contributed by atoms with E-state index in [1.807, 2.05) is 36.4 Å². The van der Waals surface area contributed by atoms with Crippen molar-refractivity contribution in [3.63, 3.8) is 0 Å². The standard InChI is InChI=1S/C28H30Cl2N4O3/c1-35-25-12-19(13-26(36-2)28(25)37-3)17-34-24-7-5-4-6-23(24)31-27(34)18-32-8-10-33(11-9-32)22-15-20(29)14-21(30)16-22/h4-7,12-16H,8-11,17-18H2,1-3H3. The van der Waals surface area contributed by atoms with Crippen LogP contribution in [-0.4, -0.2) is 62.0 Å². The van der Waals surface area contributed by atoms with Crippen LogP contribution in [0.25, 0.3) is 11.0 Å². The van der Waals surface area contributed by atoms with Crippen LogP contribution >= 0.6 is 23.2 Å². The quantitative estimate of drug-likeness (QED) is 0.284. The van der Waals surface area contributed by atoms with Crippen molar-refractivity contribution in [3.8, 4) is 17.2 Å². The summed E-state index contributed by atoms with van der Waals surface area (Å²) in [5, 5.41) is 1.32. The van der Waals surface area contributed by atoms with Crippen LogP contribution < -0.4 is 19.1 Å². The molecule has 0 amide bonds. The largest absolute Gasteiger partial charge is 0.493 e. The Morgan fingerprint density at radius 2 is 1.43 bits per heavy atom. The highest BCUT2D eigenvalue weighted by Crippen LogP contribution is 2.38. The molecule has 4 aromatic rings. The maximum atomic E-state index is 6.23. The van der Waals surface area contributed by atoms with Crippen molar-refractivity contribution in [2.45, 2.75) is 13.1 Å². The molecule has 1 aliphatic rings. The zero-order valence-electron chi connectivity index (χ0n) is 21.2. The summed E-state index contributed by atoms with van der Waals surface area (Å²) in [5.41, 5.74) is 4.18. The molecule has 1 aromatic heterocycles. The zero-order valence-corrected chi connectivity index (χ0v) is 22.7. The number of fused-ring (bicyclic) bond motifs is 1. The second-order valence-corrected chi connectivity index (χ2v) is 9.90. The number of piperazine rings is 1. The van der Waals surface area contributed by atoms with Gasteiger partial charge in [-0.2, -0.15) is 0 Å². The van der Waals surface area contributed by atoms with Gasteiger partial charge in [-0.25, -0.2) is 4.98 Å². The fourth-order valence-electron chi connectivity index (χ4n) is 4.92. The Bertz CT molecular complexity index is 1350. The van der Waals surface area contributed by atoms with Crippen LogP contribution in [0.5, 0.6) is 17.2 Å². The van der Waals surface area contributed by atoms with Gasteiger partial charge < -0.3 is 23.7 Å². The molecule has 0 unspecified atom stereocenters. The maximum Gasteiger partial charge on any atom is 0.203 e. The monoisotopic (exact) mass is 540 g/mol. The number of rotatable bonds is 8. The third-order valence-corrected chi connectivity index (χ3v) is 7.19. The number of halogens is 2. The molecule has 0 N–H and O–H groups in total. The summed E-state index contributed by atoms with van der Waals surface area (Å²) in [5.74, 6) is 2.89. The zero-order chi connectivity index (χ0) is 25.9. The summed E-state index contributed by atoms with van der Waals surface area (Å²) in [6, 6.07) is 18.0. The number of ether oxygens (including phenoxy) is 3. The smallest absolute Gasteiger partial charge is 0.203 e. The van der Waals surface area contributed by atoms with E-state index >= 15 is 0 Å². The summed E-state index contributed by atoms with van der Waals surface area (Å²) < 4.78 is 18.9. The van der Waals surface area contributed by atoms with Crippen molar-refractivity contribution in [2.75, 3.05) is 52.4 Å². The summed E-state index contributed by atoms with van der Waals surface area (Å²) >= 11 is 12.5. The first-order valence-corrected chi connectivity index (χ1v) is 12.9. The average Bonchev–Trinajstić information content (AvgIpc) is 3.24. The molecule has 0 bridgehead atoms. The number of aromatic nitrogens is 2. The number of benzene rings is 3. The van der Waals surface area contributed by atoms with Crippen LogP contribution in [0.3, 0.4) is 0 Å². The van der Waals surface area contributed by atoms with E-state index in [-0.39, 0.29) is 0 Å². The molecule has 7 nitrogen and oxygen atoms in total. The number of nitrogens with zero attached hydrogens (tertiary/aromatic N) is 4. The second kappa shape index (κ2) is 11.1. The van der Waals surface area contributed by atoms with E-state index in [0.717, 1.165) is 60.8 Å². The summed E-state index contributed by atoms with van der Waals surface area (Å²) in [6.07, 6.45) is 0. The third-order valence-electron chi connectivity index (χ3n) is 6.75. The Labute approximate surface area is 227 Å². The molecule has 0 aliphatic carbocycles. The molecule has 0 spiro atoms. The molecule has 194 valence electrons. The second-order valence-electron chi connectivity index (χ2n) is 9.03. The minimum absolute atomic E-state index is 0.586. The Morgan fingerprint density at radius 1 is 0.784 bits per heavy atom. The lowest BCUT2D eigenvalue weighted by atomic mass is 10.1. The SMILES string of the molecule is COc1cc(Cn2c(CN3CCN(c4cc(Cl)cc(Cl)c4)CC3)nc3ccccc32)cc(OC)c1OC. The lowest BCUT2D eigenvalue weighted by Crippen LogP contribution is -2.46. The molecule has 0 atom stereocenters. The highest BCUT2D eigenvalue weighted by atomic mass is 35.5. The molecule has 2 heterocycles. The molecule has 1 aliphatic heterocycles. The van der Waals surface area contributed by atoms with Gasteiger partial charge in [0, 0.05) is 48.5 Å². The van der Waals surface area contributed by atoms with Crippen LogP contribution in [0.15, 0.2) is 54.6 Å². The number of anilines is 1. The minimum atomic E-state index is 0.586. The normalized spacial score (nSPS) is 14.2. The fourth-order valence-corrected chi connectivity index (χ4v) is 5.43. The van der Waals surface area contributed by atoms with Crippen molar-refractivity contribution in [2.24, 2.45) is 0 Å². The van der Waals surface area contributed by atoms with Crippen LogP contribution in [0.2, 0.25) is 10.0 Å². The molecule has 3 aromatic carbocycles. The number of para-hydroxylation sites is 2. The first-order valence-electron chi connectivity index (χ1n) is 12.2. The van der Waals surface area contributed by atoms with E-state index in [1.54, 1.807) is 27.4 Å². The molecule has 9 heteroatoms. The van der Waals surface area contributed by atoms with E-state index in [2.05, 4.69) is 26.5 Å². The minimum Gasteiger partial charge on any atom is -0.493 e. The number of imidazole rings is 1. The Balaban J connectivity index is 1.38. The summed E-state index contributed by atoms with van der Waals surface area (Å²) in [4.78, 5) is 9.77. The van der Waals surface area contributed by atoms with E-state index < -0.39 is 0 Å². The Kier molecular flexibility index (Phi) is 7.65. The van der Waals surface area contributed by atoms with Gasteiger partial charge in [0.15, 0.2) is 11.5 Å². The van der Waals surface area contributed by atoms with Gasteiger partial charge in [0.2, 0.25) is 5.75 Å². The fraction of sp³-hybridized carbons (Fsp3) is 0.321. The van der Waals surface area contributed by atoms with Crippen LogP contribution in [0.4, 0.5) is 5.69 Å². The van der Waals surface area contributed by atoms with Crippen molar-refractivity contribution in [1.82, 2.24) is 14.5 Å². The van der Waals surface area contributed by atoms with Crippen LogP contribution in [-0.2, 0) is 13.1 Å². The first kappa shape index (κ1) is 25.5. The lowest BCUT2D eigenvalue weighted by molar-refractivity contribution is 0.241. The van der Waals surface area contributed by atoms with Crippen molar-refractivity contribution in [3.05, 3.63) is 76.0 Å². The summed E-state index contributed by atoms with van der Waals surface area (Å²) in [6.45, 7) is 5.00. The predicted molar refractivity (Wildman–Crippen MR) is 149 cm³/mol. The highest BCUT2D eigenvalue weighted by Gasteiger charge is 2.22. The van der Waals surface area contributed by atoms with E-state index in [9.17, 15) is 0 Å². The molecule has 1 fully saturated rings. The topological polar surface area (TPSA) is 52.0 Å². The van der Waals surface area contributed by atoms with Crippen LogP contribution in [0.1, 0.15) is 11.4 Å². The van der Waals surface area contributed by atoms with Gasteiger partial charge in [0.25, 0.3) is 0 Å². The van der Waals surface area contributed by atoms with Crippen molar-refractivity contribution >= 4 is 39.9 Å². The molecule has 0 saturated carbocycles. The summed E-state index contributed by atoms with van der Waals surface area (Å²) in [7, 11) is 4.88. The molecule has 0 radical (unpaired) electrons. The van der Waals surface area contributed by atoms with Gasteiger partial charge in [-0.05, 0) is 48.0 Å². The van der Waals surface area contributed by atoms with E-state index in [1.165, 1.54) is 0 Å². The average molecular weight is 541 g/mol. The Morgan fingerprint density at radius 3 is 2.05 bits per heavy atom. The third kappa shape index (κ3) is 5.44. The van der Waals surface area contributed by atoms with E-state index in [4.69, 9.17) is 42.4 Å². The van der Waals surface area contributed by atoms with Crippen molar-refractivity contribution in [1.29, 1.82) is 0 Å². The molecular weight excluding hydrogens is 511 g/mol. The van der Waals surface area contributed by atoms with Crippen molar-refractivity contribution < 1.29 is 14.2 Å². The molecular formula is C28H30Cl2N4O3. The number of hydrogen-bond donors (Lipinski definition) is 0. The van der Waals surface area contributed by atoms with Gasteiger partial charge in [0.1, 0.15) is 5.82 Å². The Hall–Kier alpha value is -3.13. The van der Waals surface area contributed by atoms with Gasteiger partial charge in [0.05, 0.1) is 38.9 Å². The lowest BCUT2D eigenvalue weighted by Gasteiger charge is -2.36. The van der Waals surface area contributed by atoms with Gasteiger partial charge in [-0.1, -0.05) is 35.3 Å². The van der Waals surface area contributed by atoms with E-state index in [0.29, 0.717) is 33.8 Å². The number of methoxy groups -OCH3 is 3. The van der Waals surface area contributed by atoms with Gasteiger partial charge in [-0.3, -0.25) is 4.90 Å². The van der Waals surface area contributed by atoms with Gasteiger partial charge >= 0.3 is 0 Å². The highest BCUT2D eigenvalue weighted by molar-refractivity contribution is 6.35. The molecule has 37 heavy (non-hydrogen) atoms. The number of hydrogen-bond acceptors (Lipinski definition) is 6.